The molecule has 35 heavy (non-hydrogen) atoms. The molecule has 3 aliphatic heterocycles. The number of likely N-dealkylation sites (tertiary alicyclic amines) is 1. The summed E-state index contributed by atoms with van der Waals surface area (Å²) in [4.78, 5) is 18.3. The van der Waals surface area contributed by atoms with Crippen molar-refractivity contribution >= 4 is 53.2 Å². The van der Waals surface area contributed by atoms with Crippen molar-refractivity contribution in [3.05, 3.63) is 27.2 Å². The first-order valence-corrected chi connectivity index (χ1v) is 14.5. The van der Waals surface area contributed by atoms with E-state index in [0.717, 1.165) is 71.2 Å². The van der Waals surface area contributed by atoms with E-state index in [-0.39, 0.29) is 0 Å². The Hall–Kier alpha value is -0.450. The zero-order chi connectivity index (χ0) is 25.0. The number of benzene rings is 1. The lowest BCUT2D eigenvalue weighted by Gasteiger charge is -2.40. The van der Waals surface area contributed by atoms with E-state index in [4.69, 9.17) is 44.3 Å². The van der Waals surface area contributed by atoms with Gasteiger partial charge in [0.05, 0.1) is 40.9 Å². The van der Waals surface area contributed by atoms with Crippen molar-refractivity contribution in [1.29, 1.82) is 0 Å². The lowest BCUT2D eigenvalue weighted by atomic mass is 10.2. The number of amides is 1. The molecule has 1 amide bonds. The van der Waals surface area contributed by atoms with Crippen LogP contribution in [0.25, 0.3) is 0 Å². The molecule has 0 spiro atoms. The van der Waals surface area contributed by atoms with Gasteiger partial charge in [-0.1, -0.05) is 46.8 Å². The van der Waals surface area contributed by atoms with E-state index in [0.29, 0.717) is 33.5 Å². The Morgan fingerprint density at radius 1 is 1.00 bits per heavy atom. The molecule has 3 fully saturated rings. The molecule has 0 aromatic heterocycles. The molecule has 4 rings (SSSR count). The van der Waals surface area contributed by atoms with Crippen LogP contribution in [0.1, 0.15) is 19.8 Å². The molecular formula is C24H37Cl3N4O3S. The maximum Gasteiger partial charge on any atom is 0.210 e. The molecule has 1 aromatic rings. The number of piperazine rings is 1. The quantitative estimate of drug-likeness (QED) is 0.251. The SMILES string of the molecule is CCOc1cc(Cl)c(Cl)cc1Cl.O=CN1CCN(SCCN2CCOCC2)C[C@@H]1CN1CCCC1. The van der Waals surface area contributed by atoms with Crippen LogP contribution in [-0.2, 0) is 9.53 Å². The number of hydrogen-bond donors (Lipinski definition) is 0. The van der Waals surface area contributed by atoms with Gasteiger partial charge in [-0.25, -0.2) is 4.31 Å². The molecule has 0 aliphatic carbocycles. The zero-order valence-corrected chi connectivity index (χ0v) is 23.6. The van der Waals surface area contributed by atoms with Crippen molar-refractivity contribution < 1.29 is 14.3 Å². The van der Waals surface area contributed by atoms with Crippen LogP contribution in [0.3, 0.4) is 0 Å². The predicted molar refractivity (Wildman–Crippen MR) is 146 cm³/mol. The van der Waals surface area contributed by atoms with Crippen molar-refractivity contribution in [3.63, 3.8) is 0 Å². The normalized spacial score (nSPS) is 22.1. The van der Waals surface area contributed by atoms with E-state index in [1.807, 2.05) is 23.8 Å². The topological polar surface area (TPSA) is 48.5 Å². The number of carbonyl (C=O) groups is 1. The van der Waals surface area contributed by atoms with Gasteiger partial charge in [-0.05, 0) is 38.9 Å². The van der Waals surface area contributed by atoms with Crippen LogP contribution in [0.4, 0.5) is 0 Å². The van der Waals surface area contributed by atoms with E-state index in [1.54, 1.807) is 12.1 Å². The van der Waals surface area contributed by atoms with Crippen molar-refractivity contribution in [1.82, 2.24) is 19.0 Å². The van der Waals surface area contributed by atoms with Crippen LogP contribution in [0.5, 0.6) is 5.75 Å². The summed E-state index contributed by atoms with van der Waals surface area (Å²) in [5.41, 5.74) is 0. The Balaban J connectivity index is 0.000000241. The first-order chi connectivity index (χ1) is 17.0. The second-order valence-corrected chi connectivity index (χ2v) is 11.2. The average Bonchev–Trinajstić information content (AvgIpc) is 3.37. The summed E-state index contributed by atoms with van der Waals surface area (Å²) in [5.74, 6) is 1.70. The minimum atomic E-state index is 0.357. The first-order valence-electron chi connectivity index (χ1n) is 12.4. The van der Waals surface area contributed by atoms with Gasteiger partial charge < -0.3 is 19.3 Å². The molecule has 1 aromatic carbocycles. The lowest BCUT2D eigenvalue weighted by Crippen LogP contribution is -2.54. The number of morpholine rings is 1. The summed E-state index contributed by atoms with van der Waals surface area (Å²) in [6.07, 6.45) is 3.67. The fourth-order valence-corrected chi connectivity index (χ4v) is 6.09. The number of carbonyl (C=O) groups excluding carboxylic acids is 1. The van der Waals surface area contributed by atoms with Crippen molar-refractivity contribution in [2.24, 2.45) is 0 Å². The Labute approximate surface area is 229 Å². The molecule has 198 valence electrons. The molecule has 3 saturated heterocycles. The minimum Gasteiger partial charge on any atom is -0.492 e. The molecule has 3 heterocycles. The summed E-state index contributed by atoms with van der Waals surface area (Å²) in [6, 6.07) is 3.53. The molecule has 0 N–H and O–H groups in total. The van der Waals surface area contributed by atoms with Gasteiger partial charge in [0, 0.05) is 57.6 Å². The summed E-state index contributed by atoms with van der Waals surface area (Å²) < 4.78 is 13.1. The Morgan fingerprint density at radius 2 is 1.71 bits per heavy atom. The Bertz CT molecular complexity index is 783. The van der Waals surface area contributed by atoms with E-state index < -0.39 is 0 Å². The highest BCUT2D eigenvalue weighted by Crippen LogP contribution is 2.33. The zero-order valence-electron chi connectivity index (χ0n) is 20.5. The van der Waals surface area contributed by atoms with E-state index in [1.165, 1.54) is 25.9 Å². The van der Waals surface area contributed by atoms with Crippen molar-refractivity contribution in [3.8, 4) is 5.75 Å². The van der Waals surface area contributed by atoms with Gasteiger partial charge in [0.2, 0.25) is 6.41 Å². The molecular weight excluding hydrogens is 531 g/mol. The fraction of sp³-hybridized carbons (Fsp3) is 0.708. The number of nitrogens with zero attached hydrogens (tertiary/aromatic N) is 4. The van der Waals surface area contributed by atoms with Gasteiger partial charge in [0.25, 0.3) is 0 Å². The fourth-order valence-electron chi connectivity index (χ4n) is 4.42. The van der Waals surface area contributed by atoms with Gasteiger partial charge in [0.15, 0.2) is 0 Å². The molecule has 0 bridgehead atoms. The smallest absolute Gasteiger partial charge is 0.210 e. The highest BCUT2D eigenvalue weighted by atomic mass is 35.5. The van der Waals surface area contributed by atoms with Crippen LogP contribution in [0.15, 0.2) is 12.1 Å². The number of ether oxygens (including phenoxy) is 2. The predicted octanol–water partition coefficient (Wildman–Crippen LogP) is 4.25. The van der Waals surface area contributed by atoms with Gasteiger partial charge in [-0.15, -0.1) is 0 Å². The Morgan fingerprint density at radius 3 is 2.40 bits per heavy atom. The Kier molecular flexibility index (Phi) is 13.1. The standard InChI is InChI=1S/C16H30N4O2S.C8H7Cl3O/c21-15-19-5-6-20(14-16(19)13-18-3-1-2-4-18)23-12-9-17-7-10-22-11-8-17;1-2-12-8-4-6(10)5(9)3-7(8)11/h15-16H,1-14H2;3-4H,2H2,1H3/t16-;/m0./s1. The maximum absolute atomic E-state index is 11.3. The van der Waals surface area contributed by atoms with Gasteiger partial charge in [-0.2, -0.15) is 0 Å². The van der Waals surface area contributed by atoms with Crippen LogP contribution in [-0.4, -0.2) is 116 Å². The van der Waals surface area contributed by atoms with Gasteiger partial charge in [0.1, 0.15) is 5.75 Å². The highest BCUT2D eigenvalue weighted by molar-refractivity contribution is 7.97. The summed E-state index contributed by atoms with van der Waals surface area (Å²) >= 11 is 19.2. The van der Waals surface area contributed by atoms with E-state index in [2.05, 4.69) is 14.1 Å². The maximum atomic E-state index is 11.3. The number of hydrogen-bond acceptors (Lipinski definition) is 7. The molecule has 0 saturated carbocycles. The van der Waals surface area contributed by atoms with E-state index >= 15 is 0 Å². The molecule has 7 nitrogen and oxygen atoms in total. The average molecular weight is 568 g/mol. The van der Waals surface area contributed by atoms with Crippen LogP contribution in [0, 0.1) is 0 Å². The second-order valence-electron chi connectivity index (χ2n) is 8.81. The van der Waals surface area contributed by atoms with E-state index in [9.17, 15) is 4.79 Å². The minimum absolute atomic E-state index is 0.357. The van der Waals surface area contributed by atoms with Gasteiger partial charge >= 0.3 is 0 Å². The summed E-state index contributed by atoms with van der Waals surface area (Å²) in [5, 5.41) is 1.36. The molecule has 3 aliphatic rings. The monoisotopic (exact) mass is 566 g/mol. The number of rotatable bonds is 9. The second kappa shape index (κ2) is 15.7. The third-order valence-corrected chi connectivity index (χ3v) is 8.43. The summed E-state index contributed by atoms with van der Waals surface area (Å²) in [6.45, 7) is 13.8. The molecule has 0 unspecified atom stereocenters. The van der Waals surface area contributed by atoms with Crippen molar-refractivity contribution in [2.45, 2.75) is 25.8 Å². The number of halogens is 3. The third kappa shape index (κ3) is 9.74. The largest absolute Gasteiger partial charge is 0.492 e. The summed E-state index contributed by atoms with van der Waals surface area (Å²) in [7, 11) is 0. The van der Waals surface area contributed by atoms with Crippen LogP contribution in [0.2, 0.25) is 15.1 Å². The molecule has 11 heteroatoms. The van der Waals surface area contributed by atoms with Crippen LogP contribution < -0.4 is 4.74 Å². The van der Waals surface area contributed by atoms with Crippen LogP contribution >= 0.6 is 46.8 Å². The van der Waals surface area contributed by atoms with Crippen molar-refractivity contribution in [2.75, 3.05) is 84.5 Å². The highest BCUT2D eigenvalue weighted by Gasteiger charge is 2.28. The first kappa shape index (κ1) is 29.1. The third-order valence-electron chi connectivity index (χ3n) is 6.35. The molecule has 1 atom stereocenters. The lowest BCUT2D eigenvalue weighted by molar-refractivity contribution is -0.122. The molecule has 0 radical (unpaired) electrons. The van der Waals surface area contributed by atoms with Gasteiger partial charge in [-0.3, -0.25) is 9.69 Å².